The minimum atomic E-state index is -1.60. The lowest BCUT2D eigenvalue weighted by Gasteiger charge is -2.65. The number of hydrogen-bond acceptors (Lipinski definition) is 14. The molecule has 55 heavy (non-hydrogen) atoms. The molecule has 5 aliphatic carbocycles. The molecule has 3 heterocycles. The Bertz CT molecular complexity index is 1460. The molecule has 0 radical (unpaired) electrons. The molecule has 2 spiro atoms. The molecule has 9 N–H and O–H groups in total. The van der Waals surface area contributed by atoms with Crippen LogP contribution in [0.25, 0.3) is 0 Å². The van der Waals surface area contributed by atoms with E-state index in [2.05, 4.69) is 34.6 Å². The van der Waals surface area contributed by atoms with Crippen LogP contribution in [0, 0.1) is 44.8 Å². The molecule has 3 saturated heterocycles. The Hall–Kier alpha value is -0.560. The Morgan fingerprint density at radius 2 is 1.40 bits per heavy atom. The normalized spacial score (nSPS) is 58.7. The van der Waals surface area contributed by atoms with Gasteiger partial charge in [0.2, 0.25) is 0 Å². The summed E-state index contributed by atoms with van der Waals surface area (Å²) < 4.78 is 31.9. The minimum absolute atomic E-state index is 0.0633. The number of hydrogen-bond donors (Lipinski definition) is 9. The van der Waals surface area contributed by atoms with Crippen LogP contribution < -0.4 is 0 Å². The molecule has 14 nitrogen and oxygen atoms in total. The van der Waals surface area contributed by atoms with Crippen molar-refractivity contribution in [1.29, 1.82) is 0 Å². The van der Waals surface area contributed by atoms with Gasteiger partial charge in [-0.1, -0.05) is 27.7 Å². The van der Waals surface area contributed by atoms with Crippen LogP contribution in [0.1, 0.15) is 106 Å². The van der Waals surface area contributed by atoms with Crippen LogP contribution in [-0.2, 0) is 23.7 Å². The number of aliphatic hydroxyl groups excluding tert-OH is 8. The fourth-order valence-corrected chi connectivity index (χ4v) is 14.9. The molecule has 0 aromatic heterocycles. The summed E-state index contributed by atoms with van der Waals surface area (Å²) in [6, 6.07) is 0. The first kappa shape index (κ1) is 41.2. The van der Waals surface area contributed by atoms with Crippen molar-refractivity contribution >= 4 is 0 Å². The minimum Gasteiger partial charge on any atom is -0.394 e. The monoisotopic (exact) mass is 784 g/mol. The van der Waals surface area contributed by atoms with Crippen molar-refractivity contribution in [2.75, 3.05) is 13.2 Å². The highest BCUT2D eigenvalue weighted by atomic mass is 16.7. The lowest BCUT2D eigenvalue weighted by atomic mass is 9.41. The number of aliphatic hydroxyl groups is 9. The molecular weight excluding hydrogens is 716 g/mol. The average Bonchev–Trinajstić information content (AvgIpc) is 3.47. The maximum Gasteiger partial charge on any atom is 0.186 e. The largest absolute Gasteiger partial charge is 0.394 e. The van der Waals surface area contributed by atoms with Crippen LogP contribution >= 0.6 is 0 Å². The first-order valence-electron chi connectivity index (χ1n) is 20.9. The van der Waals surface area contributed by atoms with E-state index < -0.39 is 96.8 Å². The molecule has 316 valence electrons. The van der Waals surface area contributed by atoms with Gasteiger partial charge in [-0.05, 0) is 117 Å². The molecule has 5 saturated carbocycles. The van der Waals surface area contributed by atoms with Crippen LogP contribution in [-0.4, -0.2) is 150 Å². The van der Waals surface area contributed by atoms with Gasteiger partial charge in [0.1, 0.15) is 42.7 Å². The van der Waals surface area contributed by atoms with Crippen LogP contribution in [0.5, 0.6) is 0 Å². The van der Waals surface area contributed by atoms with Crippen molar-refractivity contribution in [2.45, 2.75) is 197 Å². The molecule has 21 atom stereocenters. The standard InChI is InChI=1S/C41H68O14/c1-35(2)24(54-33-29(48)26(45)20(44)17-51-33)9-11-41-18-40(41)13-12-37(5)31(39(7)10-8-25(55-39)36(3,4)50)19(43)15-38(37,6)23(40)14-21(32(35)41)52-34-30(49)28(47)27(46)22(16-42)53-34/h19-34,42-50H,8-18H2,1-7H3/t19-,20+,21-,22-,23+,24+,25-,26-,27-,28-,29-,30-,31-,32+,33-,34-,37+,38-,39-,40-,41+/m0/s1. The zero-order chi connectivity index (χ0) is 40.1. The van der Waals surface area contributed by atoms with Crippen LogP contribution in [0.4, 0.5) is 0 Å². The Labute approximate surface area is 324 Å². The van der Waals surface area contributed by atoms with Gasteiger partial charge in [0.05, 0.1) is 48.8 Å². The first-order valence-corrected chi connectivity index (χ1v) is 20.9. The molecule has 0 amide bonds. The molecule has 8 rings (SSSR count). The number of rotatable bonds is 7. The summed E-state index contributed by atoms with van der Waals surface area (Å²) in [5.74, 6) is -0.215. The maximum atomic E-state index is 12.2. The van der Waals surface area contributed by atoms with Crippen LogP contribution in [0.3, 0.4) is 0 Å². The highest BCUT2D eigenvalue weighted by Gasteiger charge is 2.85. The van der Waals surface area contributed by atoms with Gasteiger partial charge in [-0.3, -0.25) is 0 Å². The summed E-state index contributed by atoms with van der Waals surface area (Å²) in [6.45, 7) is 13.8. The van der Waals surface area contributed by atoms with E-state index in [9.17, 15) is 46.0 Å². The number of fused-ring (bicyclic) bond motifs is 2. The van der Waals surface area contributed by atoms with E-state index in [1.807, 2.05) is 0 Å². The van der Waals surface area contributed by atoms with Crippen LogP contribution in [0.2, 0.25) is 0 Å². The van der Waals surface area contributed by atoms with Crippen molar-refractivity contribution in [2.24, 2.45) is 44.8 Å². The van der Waals surface area contributed by atoms with E-state index in [4.69, 9.17) is 23.7 Å². The second kappa shape index (κ2) is 13.2. The van der Waals surface area contributed by atoms with Crippen molar-refractivity contribution in [3.63, 3.8) is 0 Å². The van der Waals surface area contributed by atoms with E-state index in [1.165, 1.54) is 0 Å². The zero-order valence-electron chi connectivity index (χ0n) is 33.6. The van der Waals surface area contributed by atoms with Gasteiger partial charge in [-0.15, -0.1) is 0 Å². The zero-order valence-corrected chi connectivity index (χ0v) is 33.6. The van der Waals surface area contributed by atoms with Crippen molar-refractivity contribution in [3.8, 4) is 0 Å². The van der Waals surface area contributed by atoms with E-state index in [-0.39, 0.29) is 52.1 Å². The summed E-state index contributed by atoms with van der Waals surface area (Å²) >= 11 is 0. The van der Waals surface area contributed by atoms with E-state index in [0.717, 1.165) is 32.1 Å². The summed E-state index contributed by atoms with van der Waals surface area (Å²) in [5, 5.41) is 97.2. The first-order chi connectivity index (χ1) is 25.5. The summed E-state index contributed by atoms with van der Waals surface area (Å²) in [4.78, 5) is 0. The molecule has 0 aromatic carbocycles. The fraction of sp³-hybridized carbons (Fsp3) is 1.00. The predicted octanol–water partition coefficient (Wildman–Crippen LogP) is 0.724. The van der Waals surface area contributed by atoms with Crippen LogP contribution in [0.15, 0.2) is 0 Å². The lowest BCUT2D eigenvalue weighted by Crippen LogP contribution is -2.65. The summed E-state index contributed by atoms with van der Waals surface area (Å²) in [6.07, 6.45) is -7.48. The van der Waals surface area contributed by atoms with E-state index in [1.54, 1.807) is 13.8 Å². The molecule has 8 fully saturated rings. The Morgan fingerprint density at radius 3 is 2.05 bits per heavy atom. The molecule has 0 aromatic rings. The second-order valence-electron chi connectivity index (χ2n) is 21.1. The lowest BCUT2D eigenvalue weighted by molar-refractivity contribution is -0.339. The molecular formula is C41H68O14. The molecule has 3 aliphatic heterocycles. The Balaban J connectivity index is 1.15. The van der Waals surface area contributed by atoms with Gasteiger partial charge in [-0.2, -0.15) is 0 Å². The fourth-order valence-electron chi connectivity index (χ4n) is 14.9. The second-order valence-corrected chi connectivity index (χ2v) is 21.1. The SMILES string of the molecule is CC(C)(O)[C@@H]1CC[C@@](C)([C@H]2[C@@H](O)C[C@@]3(C)[C@H]4C[C@H](O[C@H]5O[C@@H](CO)[C@H](O)[C@H](O)[C@@H]5O)[C@@H]5C(C)(C)[C@H](O[C@@H]6OC[C@@H](O)[C@H](O)[C@@H]6O)CC[C@@]56C[C@@]46CC[C@]23C)O1. The summed E-state index contributed by atoms with van der Waals surface area (Å²) in [5.41, 5.74) is -3.16. The quantitative estimate of drug-likeness (QED) is 0.162. The van der Waals surface area contributed by atoms with Gasteiger partial charge in [0.15, 0.2) is 12.6 Å². The van der Waals surface area contributed by atoms with Gasteiger partial charge in [0, 0.05) is 5.92 Å². The van der Waals surface area contributed by atoms with Gasteiger partial charge in [0.25, 0.3) is 0 Å². The van der Waals surface area contributed by atoms with E-state index >= 15 is 0 Å². The van der Waals surface area contributed by atoms with Gasteiger partial charge in [-0.25, -0.2) is 0 Å². The Kier molecular flexibility index (Phi) is 9.90. The number of ether oxygens (including phenoxy) is 5. The highest BCUT2D eigenvalue weighted by Crippen LogP contribution is 2.89. The average molecular weight is 785 g/mol. The van der Waals surface area contributed by atoms with Crippen molar-refractivity contribution < 1.29 is 69.6 Å². The topological polar surface area (TPSA) is 228 Å². The third kappa shape index (κ3) is 5.70. The molecule has 14 heteroatoms. The third-order valence-corrected chi connectivity index (χ3v) is 17.6. The molecule has 0 bridgehead atoms. The third-order valence-electron chi connectivity index (χ3n) is 17.6. The van der Waals surface area contributed by atoms with Crippen molar-refractivity contribution in [3.05, 3.63) is 0 Å². The highest BCUT2D eigenvalue weighted by molar-refractivity contribution is 5.33. The van der Waals surface area contributed by atoms with Crippen molar-refractivity contribution in [1.82, 2.24) is 0 Å². The van der Waals surface area contributed by atoms with E-state index in [0.29, 0.717) is 25.7 Å². The smallest absolute Gasteiger partial charge is 0.186 e. The van der Waals surface area contributed by atoms with Gasteiger partial charge >= 0.3 is 0 Å². The maximum absolute atomic E-state index is 12.2. The predicted molar refractivity (Wildman–Crippen MR) is 194 cm³/mol. The molecule has 0 unspecified atom stereocenters. The molecule has 8 aliphatic rings. The Morgan fingerprint density at radius 1 is 0.709 bits per heavy atom. The summed E-state index contributed by atoms with van der Waals surface area (Å²) in [7, 11) is 0. The van der Waals surface area contributed by atoms with Gasteiger partial charge < -0.3 is 69.6 Å².